The molecule has 0 bridgehead atoms. The molecule has 0 aliphatic carbocycles. The molecule has 1 aromatic heterocycles. The van der Waals surface area contributed by atoms with Crippen LogP contribution in [0.4, 0.5) is 5.82 Å². The summed E-state index contributed by atoms with van der Waals surface area (Å²) in [5, 5.41) is 3.43. The van der Waals surface area contributed by atoms with E-state index in [1.165, 1.54) is 25.6 Å². The SMILES string of the molecule is CC(CN1CCCCC1)Nc1ncnc(Cl)c1C=O. The summed E-state index contributed by atoms with van der Waals surface area (Å²) in [6.45, 7) is 5.33. The Morgan fingerprint density at radius 2 is 2.16 bits per heavy atom. The first-order valence-electron chi connectivity index (χ1n) is 6.65. The number of piperidine rings is 1. The maximum absolute atomic E-state index is 11.0. The van der Waals surface area contributed by atoms with Crippen LogP contribution in [0.2, 0.25) is 5.15 Å². The zero-order valence-corrected chi connectivity index (χ0v) is 11.9. The molecule has 19 heavy (non-hydrogen) atoms. The van der Waals surface area contributed by atoms with Crippen LogP contribution in [0.25, 0.3) is 0 Å². The molecule has 1 saturated heterocycles. The normalized spacial score (nSPS) is 18.0. The van der Waals surface area contributed by atoms with Gasteiger partial charge >= 0.3 is 0 Å². The van der Waals surface area contributed by atoms with Crippen molar-refractivity contribution in [3.8, 4) is 0 Å². The molecular formula is C13H19ClN4O. The van der Waals surface area contributed by atoms with Crippen LogP contribution in [0.1, 0.15) is 36.5 Å². The van der Waals surface area contributed by atoms with Gasteiger partial charge in [-0.05, 0) is 32.9 Å². The van der Waals surface area contributed by atoms with Gasteiger partial charge < -0.3 is 10.2 Å². The smallest absolute Gasteiger partial charge is 0.156 e. The molecule has 104 valence electrons. The maximum atomic E-state index is 11.0. The Morgan fingerprint density at radius 1 is 1.42 bits per heavy atom. The van der Waals surface area contributed by atoms with Crippen LogP contribution >= 0.6 is 11.6 Å². The Labute approximate surface area is 118 Å². The van der Waals surface area contributed by atoms with Crippen LogP contribution in [-0.2, 0) is 0 Å². The summed E-state index contributed by atoms with van der Waals surface area (Å²) in [7, 11) is 0. The van der Waals surface area contributed by atoms with Gasteiger partial charge in [-0.25, -0.2) is 9.97 Å². The molecule has 1 aliphatic rings. The summed E-state index contributed by atoms with van der Waals surface area (Å²) in [4.78, 5) is 21.3. The van der Waals surface area contributed by atoms with Gasteiger partial charge in [0.25, 0.3) is 0 Å². The molecule has 0 spiro atoms. The van der Waals surface area contributed by atoms with Crippen molar-refractivity contribution in [3.63, 3.8) is 0 Å². The third-order valence-electron chi connectivity index (χ3n) is 3.32. The number of carbonyl (C=O) groups is 1. The number of anilines is 1. The summed E-state index contributed by atoms with van der Waals surface area (Å²) >= 11 is 5.87. The quantitative estimate of drug-likeness (QED) is 0.663. The largest absolute Gasteiger partial charge is 0.366 e. The van der Waals surface area contributed by atoms with Crippen molar-refractivity contribution < 1.29 is 4.79 Å². The van der Waals surface area contributed by atoms with Gasteiger partial charge in [-0.3, -0.25) is 4.79 Å². The molecule has 6 heteroatoms. The molecule has 1 atom stereocenters. The van der Waals surface area contributed by atoms with E-state index in [0.29, 0.717) is 17.7 Å². The summed E-state index contributed by atoms with van der Waals surface area (Å²) in [6, 6.07) is 0.211. The molecule has 0 aromatic carbocycles. The molecule has 2 rings (SSSR count). The first kappa shape index (κ1) is 14.2. The Morgan fingerprint density at radius 3 is 2.84 bits per heavy atom. The van der Waals surface area contributed by atoms with E-state index in [1.807, 2.05) is 0 Å². The van der Waals surface area contributed by atoms with Gasteiger partial charge in [0.15, 0.2) is 6.29 Å². The predicted molar refractivity (Wildman–Crippen MR) is 75.8 cm³/mol. The fourth-order valence-electron chi connectivity index (χ4n) is 2.40. The average Bonchev–Trinajstić information content (AvgIpc) is 2.40. The zero-order chi connectivity index (χ0) is 13.7. The van der Waals surface area contributed by atoms with Crippen LogP contribution < -0.4 is 5.32 Å². The van der Waals surface area contributed by atoms with Crippen molar-refractivity contribution >= 4 is 23.7 Å². The highest BCUT2D eigenvalue weighted by Gasteiger charge is 2.15. The fraction of sp³-hybridized carbons (Fsp3) is 0.615. The number of nitrogens with one attached hydrogen (secondary N) is 1. The molecular weight excluding hydrogens is 264 g/mol. The van der Waals surface area contributed by atoms with Crippen LogP contribution in [0.5, 0.6) is 0 Å². The number of hydrogen-bond acceptors (Lipinski definition) is 5. The summed E-state index contributed by atoms with van der Waals surface area (Å²) in [5.74, 6) is 0.513. The van der Waals surface area contributed by atoms with Gasteiger partial charge in [0.2, 0.25) is 0 Å². The second-order valence-electron chi connectivity index (χ2n) is 4.95. The zero-order valence-electron chi connectivity index (χ0n) is 11.1. The first-order valence-corrected chi connectivity index (χ1v) is 7.03. The first-order chi connectivity index (χ1) is 9.20. The monoisotopic (exact) mass is 282 g/mol. The Kier molecular flexibility index (Phi) is 5.10. The van der Waals surface area contributed by atoms with E-state index in [9.17, 15) is 4.79 Å². The molecule has 0 radical (unpaired) electrons. The molecule has 1 aliphatic heterocycles. The third kappa shape index (κ3) is 3.88. The van der Waals surface area contributed by atoms with Crippen molar-refractivity contribution in [2.75, 3.05) is 25.0 Å². The standard InChI is InChI=1S/C13H19ClN4O/c1-10(7-18-5-3-2-4-6-18)17-13-11(8-19)12(14)15-9-16-13/h8-10H,2-7H2,1H3,(H,15,16,17). The molecule has 1 unspecified atom stereocenters. The number of likely N-dealkylation sites (tertiary alicyclic amines) is 1. The van der Waals surface area contributed by atoms with Gasteiger partial charge in [0, 0.05) is 12.6 Å². The van der Waals surface area contributed by atoms with Crippen LogP contribution in [0, 0.1) is 0 Å². The van der Waals surface area contributed by atoms with Crippen molar-refractivity contribution in [2.45, 2.75) is 32.2 Å². The number of aromatic nitrogens is 2. The van der Waals surface area contributed by atoms with Gasteiger partial charge in [0.1, 0.15) is 17.3 Å². The minimum absolute atomic E-state index is 0.192. The highest BCUT2D eigenvalue weighted by molar-refractivity contribution is 6.32. The maximum Gasteiger partial charge on any atom is 0.156 e. The lowest BCUT2D eigenvalue weighted by molar-refractivity contribution is 0.112. The number of aldehydes is 1. The average molecular weight is 283 g/mol. The van der Waals surface area contributed by atoms with Gasteiger partial charge in [-0.2, -0.15) is 0 Å². The lowest BCUT2D eigenvalue weighted by atomic mass is 10.1. The fourth-order valence-corrected chi connectivity index (χ4v) is 2.58. The number of rotatable bonds is 5. The van der Waals surface area contributed by atoms with E-state index >= 15 is 0 Å². The molecule has 1 fully saturated rings. The number of carbonyl (C=O) groups excluding carboxylic acids is 1. The molecule has 5 nitrogen and oxygen atoms in total. The number of nitrogens with zero attached hydrogens (tertiary/aromatic N) is 3. The summed E-state index contributed by atoms with van der Waals surface area (Å²) in [6.07, 6.45) is 5.93. The summed E-state index contributed by atoms with van der Waals surface area (Å²) < 4.78 is 0. The lowest BCUT2D eigenvalue weighted by Gasteiger charge is -2.29. The lowest BCUT2D eigenvalue weighted by Crippen LogP contribution is -2.38. The number of halogens is 1. The number of hydrogen-bond donors (Lipinski definition) is 1. The van der Waals surface area contributed by atoms with E-state index in [1.54, 1.807) is 0 Å². The molecule has 1 aromatic rings. The minimum Gasteiger partial charge on any atom is -0.366 e. The van der Waals surface area contributed by atoms with E-state index < -0.39 is 0 Å². The van der Waals surface area contributed by atoms with Gasteiger partial charge in [0.05, 0.1) is 5.56 Å². The Bertz CT molecular complexity index is 435. The molecule has 0 amide bonds. The predicted octanol–water partition coefficient (Wildman–Crippen LogP) is 2.23. The van der Waals surface area contributed by atoms with E-state index in [4.69, 9.17) is 11.6 Å². The highest BCUT2D eigenvalue weighted by atomic mass is 35.5. The molecule has 0 saturated carbocycles. The van der Waals surface area contributed by atoms with E-state index in [0.717, 1.165) is 19.6 Å². The van der Waals surface area contributed by atoms with Crippen molar-refractivity contribution in [1.82, 2.24) is 14.9 Å². The van der Waals surface area contributed by atoms with Crippen LogP contribution in [0.3, 0.4) is 0 Å². The van der Waals surface area contributed by atoms with Crippen molar-refractivity contribution in [1.29, 1.82) is 0 Å². The van der Waals surface area contributed by atoms with Gasteiger partial charge in [-0.15, -0.1) is 0 Å². The Balaban J connectivity index is 1.96. The second kappa shape index (κ2) is 6.82. The summed E-state index contributed by atoms with van der Waals surface area (Å²) in [5.41, 5.74) is 0.328. The Hall–Kier alpha value is -1.20. The molecule has 2 heterocycles. The van der Waals surface area contributed by atoms with Crippen LogP contribution in [-0.4, -0.2) is 46.8 Å². The minimum atomic E-state index is 0.192. The highest BCUT2D eigenvalue weighted by Crippen LogP contribution is 2.18. The van der Waals surface area contributed by atoms with E-state index in [2.05, 4.69) is 27.1 Å². The van der Waals surface area contributed by atoms with Crippen molar-refractivity contribution in [3.05, 3.63) is 17.0 Å². The van der Waals surface area contributed by atoms with Crippen LogP contribution in [0.15, 0.2) is 6.33 Å². The third-order valence-corrected chi connectivity index (χ3v) is 3.62. The topological polar surface area (TPSA) is 58.1 Å². The second-order valence-corrected chi connectivity index (χ2v) is 5.31. The molecule has 1 N–H and O–H groups in total. The van der Waals surface area contributed by atoms with E-state index in [-0.39, 0.29) is 11.2 Å². The van der Waals surface area contributed by atoms with Crippen molar-refractivity contribution in [2.24, 2.45) is 0 Å². The van der Waals surface area contributed by atoms with Gasteiger partial charge in [-0.1, -0.05) is 18.0 Å².